The summed E-state index contributed by atoms with van der Waals surface area (Å²) in [4.78, 5) is 10.8. The Kier molecular flexibility index (Phi) is 4.37. The van der Waals surface area contributed by atoms with Crippen LogP contribution in [0.1, 0.15) is 5.56 Å². The van der Waals surface area contributed by atoms with Gasteiger partial charge in [0.05, 0.1) is 23.0 Å². The first-order chi connectivity index (χ1) is 12.0. The van der Waals surface area contributed by atoms with Gasteiger partial charge in [-0.25, -0.2) is 13.9 Å². The fourth-order valence-corrected chi connectivity index (χ4v) is 2.50. The van der Waals surface area contributed by atoms with Crippen molar-refractivity contribution in [1.82, 2.24) is 9.78 Å². The second-order valence-corrected chi connectivity index (χ2v) is 5.40. The number of nitriles is 1. The molecular weight excluding hydrogens is 349 g/mol. The van der Waals surface area contributed by atoms with E-state index in [9.17, 15) is 9.18 Å². The zero-order valence-corrected chi connectivity index (χ0v) is 13.2. The van der Waals surface area contributed by atoms with Crippen LogP contribution in [0.25, 0.3) is 16.9 Å². The predicted molar refractivity (Wildman–Crippen MR) is 87.3 cm³/mol. The summed E-state index contributed by atoms with van der Waals surface area (Å²) in [5.74, 6) is -0.793. The summed E-state index contributed by atoms with van der Waals surface area (Å²) in [5.41, 5.74) is 1.32. The van der Waals surface area contributed by atoms with Crippen molar-refractivity contribution in [2.24, 2.45) is 0 Å². The van der Waals surface area contributed by atoms with E-state index < -0.39 is 12.0 Å². The van der Waals surface area contributed by atoms with Gasteiger partial charge in [-0.05, 0) is 36.4 Å². The number of aromatic nitrogens is 2. The van der Waals surface area contributed by atoms with Gasteiger partial charge in [0.15, 0.2) is 0 Å². The normalized spacial score (nSPS) is 10.3. The average molecular weight is 358 g/mol. The van der Waals surface area contributed by atoms with Crippen LogP contribution in [0, 0.1) is 17.1 Å². The molecule has 6 nitrogen and oxygen atoms in total. The lowest BCUT2D eigenvalue weighted by atomic mass is 10.1. The number of nitrogens with zero attached hydrogens (tertiary/aromatic N) is 3. The van der Waals surface area contributed by atoms with E-state index in [-0.39, 0.29) is 11.4 Å². The Labute approximate surface area is 146 Å². The van der Waals surface area contributed by atoms with Crippen molar-refractivity contribution in [3.63, 3.8) is 0 Å². The molecule has 1 aromatic heterocycles. The predicted octanol–water partition coefficient (Wildman–Crippen LogP) is 4.26. The van der Waals surface area contributed by atoms with E-state index in [1.165, 1.54) is 22.9 Å². The standard InChI is InChI=1S/C17H9ClFN3O3/c18-12-2-1-3-14(7-12)22-15(8-16(21-22)25-17(23)24)11-4-10(9-20)5-13(19)6-11/h1-8H,(H,23,24). The van der Waals surface area contributed by atoms with Crippen molar-refractivity contribution >= 4 is 17.8 Å². The molecule has 3 rings (SSSR count). The molecule has 3 aromatic rings. The summed E-state index contributed by atoms with van der Waals surface area (Å²) in [5, 5.41) is 22.3. The molecule has 0 saturated carbocycles. The smallest absolute Gasteiger partial charge is 0.449 e. The molecule has 1 N–H and O–H groups in total. The highest BCUT2D eigenvalue weighted by Crippen LogP contribution is 2.29. The van der Waals surface area contributed by atoms with Crippen molar-refractivity contribution in [2.45, 2.75) is 0 Å². The first kappa shape index (κ1) is 16.5. The number of hydrogen-bond acceptors (Lipinski definition) is 4. The van der Waals surface area contributed by atoms with Crippen LogP contribution < -0.4 is 4.74 Å². The number of carbonyl (C=O) groups is 1. The van der Waals surface area contributed by atoms with Crippen LogP contribution in [0.3, 0.4) is 0 Å². The fourth-order valence-electron chi connectivity index (χ4n) is 2.31. The number of hydrogen-bond donors (Lipinski definition) is 1. The van der Waals surface area contributed by atoms with Gasteiger partial charge >= 0.3 is 6.16 Å². The van der Waals surface area contributed by atoms with E-state index in [0.717, 1.165) is 6.07 Å². The lowest BCUT2D eigenvalue weighted by Crippen LogP contribution is -2.04. The van der Waals surface area contributed by atoms with Crippen molar-refractivity contribution in [1.29, 1.82) is 5.26 Å². The van der Waals surface area contributed by atoms with Gasteiger partial charge in [-0.3, -0.25) is 0 Å². The topological polar surface area (TPSA) is 88.1 Å². The van der Waals surface area contributed by atoms with Gasteiger partial charge in [-0.2, -0.15) is 5.26 Å². The third kappa shape index (κ3) is 3.59. The van der Waals surface area contributed by atoms with Crippen LogP contribution >= 0.6 is 11.6 Å². The molecule has 0 amide bonds. The van der Waals surface area contributed by atoms with E-state index in [2.05, 4.69) is 9.84 Å². The van der Waals surface area contributed by atoms with Crippen molar-refractivity contribution in [3.05, 3.63) is 64.9 Å². The monoisotopic (exact) mass is 357 g/mol. The number of rotatable bonds is 3. The second-order valence-electron chi connectivity index (χ2n) is 4.97. The fraction of sp³-hybridized carbons (Fsp3) is 0. The minimum absolute atomic E-state index is 0.120. The summed E-state index contributed by atoms with van der Waals surface area (Å²) in [6, 6.07) is 13.6. The lowest BCUT2D eigenvalue weighted by Gasteiger charge is -2.08. The Morgan fingerprint density at radius 1 is 1.28 bits per heavy atom. The van der Waals surface area contributed by atoms with Crippen molar-refractivity contribution in [3.8, 4) is 28.9 Å². The third-order valence-electron chi connectivity index (χ3n) is 3.25. The van der Waals surface area contributed by atoms with E-state index in [1.807, 2.05) is 6.07 Å². The molecule has 25 heavy (non-hydrogen) atoms. The van der Waals surface area contributed by atoms with Gasteiger partial charge in [-0.1, -0.05) is 17.7 Å². The van der Waals surface area contributed by atoms with Gasteiger partial charge in [0, 0.05) is 16.7 Å². The third-order valence-corrected chi connectivity index (χ3v) is 3.49. The summed E-state index contributed by atoms with van der Waals surface area (Å²) in [6.07, 6.45) is -1.53. The van der Waals surface area contributed by atoms with Crippen LogP contribution in [-0.2, 0) is 0 Å². The number of ether oxygens (including phenoxy) is 1. The Balaban J connectivity index is 2.21. The van der Waals surface area contributed by atoms with Crippen molar-refractivity contribution < 1.29 is 19.0 Å². The number of benzene rings is 2. The van der Waals surface area contributed by atoms with Gasteiger partial charge in [0.25, 0.3) is 0 Å². The van der Waals surface area contributed by atoms with E-state index in [1.54, 1.807) is 24.3 Å². The van der Waals surface area contributed by atoms with Crippen LogP contribution in [-0.4, -0.2) is 21.0 Å². The second kappa shape index (κ2) is 6.63. The molecule has 0 aliphatic heterocycles. The molecule has 0 spiro atoms. The largest absolute Gasteiger partial charge is 0.512 e. The molecule has 0 atom stereocenters. The molecule has 0 fully saturated rings. The zero-order valence-electron chi connectivity index (χ0n) is 12.5. The Morgan fingerprint density at radius 2 is 2.08 bits per heavy atom. The summed E-state index contributed by atoms with van der Waals surface area (Å²) >= 11 is 5.99. The Bertz CT molecular complexity index is 1010. The molecular formula is C17H9ClFN3O3. The molecule has 0 aliphatic rings. The van der Waals surface area contributed by atoms with Gasteiger partial charge in [0.2, 0.25) is 5.88 Å². The van der Waals surface area contributed by atoms with E-state index in [0.29, 0.717) is 22.0 Å². The summed E-state index contributed by atoms with van der Waals surface area (Å²) in [6.45, 7) is 0. The molecule has 124 valence electrons. The maximum absolute atomic E-state index is 13.8. The molecule has 2 aromatic carbocycles. The van der Waals surface area contributed by atoms with Crippen LogP contribution in [0.15, 0.2) is 48.5 Å². The summed E-state index contributed by atoms with van der Waals surface area (Å²) in [7, 11) is 0. The lowest BCUT2D eigenvalue weighted by molar-refractivity contribution is 0.142. The highest BCUT2D eigenvalue weighted by molar-refractivity contribution is 6.30. The average Bonchev–Trinajstić information content (AvgIpc) is 2.97. The maximum Gasteiger partial charge on any atom is 0.512 e. The number of carboxylic acid groups (broad SMARTS) is 1. The maximum atomic E-state index is 13.8. The van der Waals surface area contributed by atoms with Gasteiger partial charge in [-0.15, -0.1) is 5.10 Å². The molecule has 0 saturated heterocycles. The SMILES string of the molecule is N#Cc1cc(F)cc(-c2cc(OC(=O)O)nn2-c2cccc(Cl)c2)c1. The quantitative estimate of drug-likeness (QED) is 0.707. The Morgan fingerprint density at radius 3 is 2.76 bits per heavy atom. The first-order valence-electron chi connectivity index (χ1n) is 6.94. The highest BCUT2D eigenvalue weighted by atomic mass is 35.5. The van der Waals surface area contributed by atoms with Crippen LogP contribution in [0.4, 0.5) is 9.18 Å². The molecule has 0 bridgehead atoms. The highest BCUT2D eigenvalue weighted by Gasteiger charge is 2.16. The molecule has 0 aliphatic carbocycles. The molecule has 8 heteroatoms. The van der Waals surface area contributed by atoms with Crippen LogP contribution in [0.2, 0.25) is 5.02 Å². The van der Waals surface area contributed by atoms with Gasteiger partial charge in [0.1, 0.15) is 5.82 Å². The zero-order chi connectivity index (χ0) is 18.0. The summed E-state index contributed by atoms with van der Waals surface area (Å²) < 4.78 is 19.7. The van der Waals surface area contributed by atoms with Crippen LogP contribution in [0.5, 0.6) is 5.88 Å². The Hall–Kier alpha value is -3.37. The first-order valence-corrected chi connectivity index (χ1v) is 7.32. The van der Waals surface area contributed by atoms with E-state index in [4.69, 9.17) is 22.0 Å². The minimum Gasteiger partial charge on any atom is -0.449 e. The number of halogens is 2. The minimum atomic E-state index is -1.53. The van der Waals surface area contributed by atoms with Crippen molar-refractivity contribution in [2.75, 3.05) is 0 Å². The molecule has 1 heterocycles. The molecule has 0 unspecified atom stereocenters. The van der Waals surface area contributed by atoms with E-state index >= 15 is 0 Å². The van der Waals surface area contributed by atoms with Gasteiger partial charge < -0.3 is 9.84 Å². The molecule has 0 radical (unpaired) electrons.